The first-order valence-corrected chi connectivity index (χ1v) is 21.0. The molecule has 0 aliphatic heterocycles. The Labute approximate surface area is 332 Å². The third-order valence-electron chi connectivity index (χ3n) is 8.13. The lowest BCUT2D eigenvalue weighted by molar-refractivity contribution is -0.0112. The molecule has 8 nitrogen and oxygen atoms in total. The van der Waals surface area contributed by atoms with Crippen LogP contribution >= 0.6 is 11.8 Å². The van der Waals surface area contributed by atoms with Gasteiger partial charge in [-0.15, -0.1) is 0 Å². The number of aliphatic hydroxyl groups excluding tert-OH is 4. The third kappa shape index (κ3) is 11.3. The lowest BCUT2D eigenvalue weighted by Crippen LogP contribution is -2.06. The average Bonchev–Trinajstić information content (AvgIpc) is 3.24. The number of hydrogen-bond donors (Lipinski definition) is 4. The fraction of sp³-hybridized carbons (Fsp3) is 0.182. The molecular weight excluding hydrogens is 753 g/mol. The summed E-state index contributed by atoms with van der Waals surface area (Å²) in [6, 6.07) is 49.8. The van der Waals surface area contributed by atoms with Crippen molar-refractivity contribution >= 4 is 33.6 Å². The van der Waals surface area contributed by atoms with Crippen LogP contribution in [0.5, 0.6) is 17.2 Å². The summed E-state index contributed by atoms with van der Waals surface area (Å²) < 4.78 is 22.0. The molecule has 0 bridgehead atoms. The number of ether oxygens (including phenoxy) is 4. The van der Waals surface area contributed by atoms with Gasteiger partial charge in [-0.25, -0.2) is 0 Å². The lowest BCUT2D eigenvalue weighted by atomic mass is 10.2. The molecule has 0 amide bonds. The molecule has 0 radical (unpaired) electrons. The van der Waals surface area contributed by atoms with Crippen molar-refractivity contribution < 1.29 is 39.4 Å². The Kier molecular flexibility index (Phi) is 15.4. The van der Waals surface area contributed by atoms with Crippen LogP contribution in [-0.4, -0.2) is 66.9 Å². The highest BCUT2D eigenvalue weighted by Gasteiger charge is 2.30. The summed E-state index contributed by atoms with van der Waals surface area (Å²) in [6.07, 6.45) is 0. The van der Waals surface area contributed by atoms with E-state index in [9.17, 15) is 0 Å². The van der Waals surface area contributed by atoms with E-state index >= 15 is 0 Å². The summed E-state index contributed by atoms with van der Waals surface area (Å²) in [5, 5.41) is 36.6. The molecule has 0 aliphatic carbocycles. The first-order valence-electron chi connectivity index (χ1n) is 17.7. The van der Waals surface area contributed by atoms with Crippen molar-refractivity contribution in [3.05, 3.63) is 151 Å². The topological polar surface area (TPSA) is 118 Å². The van der Waals surface area contributed by atoms with Gasteiger partial charge in [-0.1, -0.05) is 23.9 Å². The average molecular weight is 797 g/mol. The summed E-state index contributed by atoms with van der Waals surface area (Å²) in [5.74, 6) is 2.14. The maximum absolute atomic E-state index is 9.17. The minimum atomic E-state index is -0.405. The molecule has 0 aromatic heterocycles. The second kappa shape index (κ2) is 21.0. The number of aliphatic hydroxyl groups is 4. The van der Waals surface area contributed by atoms with Crippen molar-refractivity contribution in [2.24, 2.45) is 0 Å². The minimum absolute atomic E-state index is 0.0381. The summed E-state index contributed by atoms with van der Waals surface area (Å²) in [7, 11) is -0.795. The van der Waals surface area contributed by atoms with Gasteiger partial charge in [0, 0.05) is 9.79 Å². The Bertz CT molecular complexity index is 1760. The summed E-state index contributed by atoms with van der Waals surface area (Å²) in [6.45, 7) is 0.652. The van der Waals surface area contributed by atoms with Crippen LogP contribution in [0, 0.1) is 0 Å². The fourth-order valence-corrected chi connectivity index (χ4v) is 10.5. The zero-order valence-electron chi connectivity index (χ0n) is 30.2. The van der Waals surface area contributed by atoms with Crippen molar-refractivity contribution in [1.82, 2.24) is 0 Å². The largest absolute Gasteiger partial charge is 0.491 e. The minimum Gasteiger partial charge on any atom is -0.491 e. The van der Waals surface area contributed by atoms with Crippen molar-refractivity contribution in [1.29, 1.82) is 0 Å². The quantitative estimate of drug-likeness (QED) is 0.0458. The predicted molar refractivity (Wildman–Crippen MR) is 217 cm³/mol. The molecule has 55 heavy (non-hydrogen) atoms. The Morgan fingerprint density at radius 3 is 0.964 bits per heavy atom. The SMILES string of the molecule is OCCOc1ccc([S+](c2ccc(COCO)cc2)c2ccc(Sc3ccc([S+](c4ccc(OCCO)cc4)c4ccc(OCCO)cc4)cc3)cc2)cc1. The van der Waals surface area contributed by atoms with E-state index in [0.29, 0.717) is 23.9 Å². The summed E-state index contributed by atoms with van der Waals surface area (Å²) >= 11 is 1.71. The van der Waals surface area contributed by atoms with Gasteiger partial charge in [-0.2, -0.15) is 0 Å². The number of rotatable bonds is 20. The van der Waals surface area contributed by atoms with Crippen molar-refractivity contribution in [2.45, 2.75) is 45.8 Å². The van der Waals surface area contributed by atoms with Crippen LogP contribution < -0.4 is 14.2 Å². The highest BCUT2D eigenvalue weighted by atomic mass is 32.2. The van der Waals surface area contributed by atoms with Crippen LogP contribution in [0.4, 0.5) is 0 Å². The molecular formula is C44H44O8S3+2. The van der Waals surface area contributed by atoms with Gasteiger partial charge in [0.05, 0.1) is 48.2 Å². The molecule has 1 unspecified atom stereocenters. The van der Waals surface area contributed by atoms with Crippen LogP contribution in [0.3, 0.4) is 0 Å². The van der Waals surface area contributed by atoms with E-state index in [1.54, 1.807) is 11.8 Å². The Morgan fingerprint density at radius 1 is 0.382 bits per heavy atom. The van der Waals surface area contributed by atoms with Crippen LogP contribution in [0.25, 0.3) is 0 Å². The molecule has 11 heteroatoms. The lowest BCUT2D eigenvalue weighted by Gasteiger charge is -2.11. The molecule has 0 spiro atoms. The van der Waals surface area contributed by atoms with Gasteiger partial charge >= 0.3 is 0 Å². The molecule has 0 fully saturated rings. The van der Waals surface area contributed by atoms with E-state index in [1.165, 1.54) is 9.79 Å². The van der Waals surface area contributed by atoms with Crippen LogP contribution in [0.15, 0.2) is 185 Å². The molecule has 6 aromatic rings. The number of hydrogen-bond acceptors (Lipinski definition) is 9. The predicted octanol–water partition coefficient (Wildman–Crippen LogP) is 7.61. The molecule has 0 saturated carbocycles. The zero-order valence-corrected chi connectivity index (χ0v) is 32.6. The smallest absolute Gasteiger partial charge is 0.166 e. The van der Waals surface area contributed by atoms with Gasteiger partial charge in [-0.05, 0) is 139 Å². The van der Waals surface area contributed by atoms with Gasteiger partial charge in [0.15, 0.2) is 29.4 Å². The molecule has 4 N–H and O–H groups in total. The molecule has 0 saturated heterocycles. The highest BCUT2D eigenvalue weighted by molar-refractivity contribution is 7.99. The summed E-state index contributed by atoms with van der Waals surface area (Å²) in [4.78, 5) is 9.15. The van der Waals surface area contributed by atoms with Gasteiger partial charge in [0.25, 0.3) is 0 Å². The summed E-state index contributed by atoms with van der Waals surface area (Å²) in [5.41, 5.74) is 0.988. The standard InChI is InChI=1S/C44H44O8S3/c45-25-28-50-34-3-15-40(16-4-34)54(39-13-1-33(2-14-39)31-49-32-48)43-21-9-37(10-22-43)53-38-11-23-44(24-12-38)55(41-17-5-35(6-18-41)51-29-26-46)42-19-7-36(8-20-42)52-30-27-47/h1-24,45-48H,25-32H2/q+2. The maximum Gasteiger partial charge on any atom is 0.166 e. The van der Waals surface area contributed by atoms with E-state index in [2.05, 4.69) is 97.1 Å². The van der Waals surface area contributed by atoms with Crippen molar-refractivity contribution in [3.8, 4) is 17.2 Å². The van der Waals surface area contributed by atoms with Gasteiger partial charge in [0.1, 0.15) is 43.9 Å². The molecule has 1 atom stereocenters. The first kappa shape index (κ1) is 40.2. The molecule has 0 aliphatic rings. The second-order valence-electron chi connectivity index (χ2n) is 11.9. The zero-order chi connectivity index (χ0) is 38.2. The molecule has 6 aromatic carbocycles. The number of benzene rings is 6. The Hall–Kier alpha value is -4.43. The first-order chi connectivity index (χ1) is 27.1. The second-order valence-corrected chi connectivity index (χ2v) is 17.1. The van der Waals surface area contributed by atoms with E-state index in [1.807, 2.05) is 48.5 Å². The maximum atomic E-state index is 9.17. The molecule has 284 valence electrons. The Balaban J connectivity index is 1.22. The normalized spacial score (nSPS) is 11.7. The van der Waals surface area contributed by atoms with Crippen LogP contribution in [0.1, 0.15) is 5.56 Å². The molecule has 0 heterocycles. The van der Waals surface area contributed by atoms with Crippen LogP contribution in [0.2, 0.25) is 0 Å². The Morgan fingerprint density at radius 2 is 0.673 bits per heavy atom. The van der Waals surface area contributed by atoms with Crippen LogP contribution in [-0.2, 0) is 33.1 Å². The van der Waals surface area contributed by atoms with E-state index in [-0.39, 0.29) is 46.4 Å². The van der Waals surface area contributed by atoms with Gasteiger partial charge in [0.2, 0.25) is 0 Å². The van der Waals surface area contributed by atoms with Crippen molar-refractivity contribution in [2.75, 3.05) is 46.4 Å². The monoisotopic (exact) mass is 796 g/mol. The fourth-order valence-electron chi connectivity index (χ4n) is 5.63. The third-order valence-corrected chi connectivity index (χ3v) is 13.6. The van der Waals surface area contributed by atoms with E-state index in [0.717, 1.165) is 34.9 Å². The highest BCUT2D eigenvalue weighted by Crippen LogP contribution is 2.37. The van der Waals surface area contributed by atoms with Gasteiger partial charge < -0.3 is 39.4 Å². The van der Waals surface area contributed by atoms with Crippen molar-refractivity contribution in [3.63, 3.8) is 0 Å². The molecule has 6 rings (SSSR count). The van der Waals surface area contributed by atoms with E-state index < -0.39 is 21.8 Å². The van der Waals surface area contributed by atoms with Gasteiger partial charge in [-0.3, -0.25) is 0 Å². The van der Waals surface area contributed by atoms with E-state index in [4.69, 9.17) is 39.4 Å².